The number of hydrogen-bond donors (Lipinski definition) is 0. The number of fused-ring (bicyclic) bond motifs is 3. The summed E-state index contributed by atoms with van der Waals surface area (Å²) in [5.74, 6) is -3.32. The molecule has 6 aliphatic rings. The molecule has 0 aliphatic carbocycles. The van der Waals surface area contributed by atoms with Crippen molar-refractivity contribution in [3.63, 3.8) is 0 Å². The van der Waals surface area contributed by atoms with Crippen LogP contribution in [0.15, 0.2) is 72.8 Å². The van der Waals surface area contributed by atoms with E-state index in [0.717, 1.165) is 0 Å². The zero-order valence-corrected chi connectivity index (χ0v) is 33.4. The molecule has 0 saturated carbocycles. The van der Waals surface area contributed by atoms with Crippen molar-refractivity contribution in [1.29, 1.82) is 0 Å². The van der Waals surface area contributed by atoms with Crippen LogP contribution in [0.1, 0.15) is 69.1 Å². The second-order valence-corrected chi connectivity index (χ2v) is 15.6. The summed E-state index contributed by atoms with van der Waals surface area (Å²) in [5, 5.41) is 0. The number of methoxy groups -OCH3 is 1. The molecule has 3 aromatic rings. The van der Waals surface area contributed by atoms with Gasteiger partial charge in [0.15, 0.2) is 36.3 Å². The molecule has 0 radical (unpaired) electrons. The molecule has 326 valence electrons. The largest absolute Gasteiger partial charge is 0.453 e. The Labute approximate surface area is 353 Å². The lowest BCUT2D eigenvalue weighted by Crippen LogP contribution is -2.36. The molecule has 0 bridgehead atoms. The number of Topliss-reactive ketones (excluding diaryl/α,β-unsaturated/α-hetero) is 1. The minimum Gasteiger partial charge on any atom is -0.453 e. The van der Waals surface area contributed by atoms with E-state index in [1.165, 1.54) is 67.6 Å². The van der Waals surface area contributed by atoms with Crippen LogP contribution < -0.4 is 0 Å². The summed E-state index contributed by atoms with van der Waals surface area (Å²) in [4.78, 5) is 76.4. The number of benzene rings is 3. The Morgan fingerprint density at radius 3 is 0.758 bits per heavy atom. The van der Waals surface area contributed by atoms with Gasteiger partial charge in [-0.15, -0.1) is 0 Å². The Bertz CT molecular complexity index is 2190. The Hall–Kier alpha value is -5.60. The molecule has 0 N–H and O–H groups in total. The number of carbonyl (C=O) groups excluding carboxylic acids is 6. The minimum absolute atomic E-state index is 0.00309. The Kier molecular flexibility index (Phi) is 11.9. The number of carbonyl (C=O) groups is 6. The average molecular weight is 859 g/mol. The molecule has 6 aliphatic heterocycles. The zero-order chi connectivity index (χ0) is 43.1. The summed E-state index contributed by atoms with van der Waals surface area (Å²) in [6, 6.07) is 17.7. The van der Waals surface area contributed by atoms with Gasteiger partial charge < -0.3 is 56.8 Å². The molecular formula is C44H42O18. The highest BCUT2D eigenvalue weighted by molar-refractivity contribution is 5.96. The Balaban J connectivity index is 0.716. The quantitative estimate of drug-likeness (QED) is 0.145. The van der Waals surface area contributed by atoms with Crippen LogP contribution in [0.5, 0.6) is 0 Å². The number of rotatable bonds is 12. The zero-order valence-electron chi connectivity index (χ0n) is 33.4. The van der Waals surface area contributed by atoms with Gasteiger partial charge in [-0.3, -0.25) is 4.79 Å². The van der Waals surface area contributed by atoms with Gasteiger partial charge in [0.2, 0.25) is 0 Å². The third-order valence-electron chi connectivity index (χ3n) is 11.7. The fraction of sp³-hybridized carbons (Fsp3) is 0.455. The maximum Gasteiger partial charge on any atom is 0.338 e. The van der Waals surface area contributed by atoms with Gasteiger partial charge in [-0.1, -0.05) is 12.1 Å². The van der Waals surface area contributed by atoms with Crippen molar-refractivity contribution in [3.8, 4) is 0 Å². The lowest BCUT2D eigenvalue weighted by Gasteiger charge is -2.18. The molecule has 6 saturated heterocycles. The monoisotopic (exact) mass is 858 g/mol. The van der Waals surface area contributed by atoms with Gasteiger partial charge in [0.25, 0.3) is 0 Å². The summed E-state index contributed by atoms with van der Waals surface area (Å²) in [6.45, 7) is 2.06. The fourth-order valence-corrected chi connectivity index (χ4v) is 8.35. The van der Waals surface area contributed by atoms with Crippen molar-refractivity contribution in [2.24, 2.45) is 0 Å². The molecule has 18 heteroatoms. The van der Waals surface area contributed by atoms with Crippen LogP contribution in [0.25, 0.3) is 0 Å². The standard InChI is InChI=1S/C44H42O18/c1-21(45)22-3-5-23(6-4-22)40(46)59-30-17-54-37-31(18-55-36(30)37)60-43(49)26-11-13-27(14-12-26)44(50)62-33-20-57-38-32(19-56-39(33)38)61-42(48)25-9-7-24(8-10-25)41(47)58-29-16-53-34-28(51-2)15-52-35(29)34/h3-14,28-39H,15-20H2,1-2H3/t28-,29+,30+,31-,32-,33+,34?,35?,36?,37?,38?,39?/m0/s1. The summed E-state index contributed by atoms with van der Waals surface area (Å²) >= 11 is 0. The number of hydrogen-bond acceptors (Lipinski definition) is 18. The van der Waals surface area contributed by atoms with Crippen molar-refractivity contribution < 1.29 is 85.6 Å². The molecule has 0 amide bonds. The van der Waals surface area contributed by atoms with Gasteiger partial charge in [-0.05, 0) is 67.6 Å². The molecule has 0 spiro atoms. The molecule has 6 fully saturated rings. The molecule has 12 atom stereocenters. The van der Waals surface area contributed by atoms with Crippen LogP contribution in [0.3, 0.4) is 0 Å². The van der Waals surface area contributed by atoms with Crippen molar-refractivity contribution in [2.75, 3.05) is 46.8 Å². The first-order valence-corrected chi connectivity index (χ1v) is 20.1. The normalized spacial score (nSPS) is 31.7. The van der Waals surface area contributed by atoms with E-state index in [2.05, 4.69) is 0 Å². The number of ether oxygens (including phenoxy) is 12. The molecule has 0 aromatic heterocycles. The Morgan fingerprint density at radius 2 is 0.548 bits per heavy atom. The predicted octanol–water partition coefficient (Wildman–Crippen LogP) is 2.32. The van der Waals surface area contributed by atoms with Crippen molar-refractivity contribution in [1.82, 2.24) is 0 Å². The molecule has 6 unspecified atom stereocenters. The fourth-order valence-electron chi connectivity index (χ4n) is 8.35. The first-order chi connectivity index (χ1) is 30.0. The van der Waals surface area contributed by atoms with Gasteiger partial charge in [0.05, 0.1) is 67.5 Å². The number of esters is 5. The van der Waals surface area contributed by atoms with Crippen LogP contribution in [-0.2, 0) is 56.8 Å². The van der Waals surface area contributed by atoms with E-state index in [1.807, 2.05) is 0 Å². The van der Waals surface area contributed by atoms with Crippen LogP contribution >= 0.6 is 0 Å². The van der Waals surface area contributed by atoms with E-state index in [0.29, 0.717) is 12.2 Å². The highest BCUT2D eigenvalue weighted by Gasteiger charge is 2.53. The third kappa shape index (κ3) is 8.34. The second-order valence-electron chi connectivity index (χ2n) is 15.6. The number of ketones is 1. The minimum atomic E-state index is -0.793. The first kappa shape index (κ1) is 41.7. The van der Waals surface area contributed by atoms with Gasteiger partial charge in [-0.2, -0.15) is 0 Å². The van der Waals surface area contributed by atoms with Crippen molar-refractivity contribution >= 4 is 35.6 Å². The molecule has 62 heavy (non-hydrogen) atoms. The van der Waals surface area contributed by atoms with Gasteiger partial charge >= 0.3 is 29.8 Å². The van der Waals surface area contributed by atoms with E-state index in [-0.39, 0.29) is 78.8 Å². The summed E-state index contributed by atoms with van der Waals surface area (Å²) in [6.07, 6.45) is -7.28. The summed E-state index contributed by atoms with van der Waals surface area (Å²) < 4.78 is 68.4. The maximum atomic E-state index is 13.1. The highest BCUT2D eigenvalue weighted by atomic mass is 16.7. The van der Waals surface area contributed by atoms with E-state index in [1.54, 1.807) is 19.2 Å². The topological polar surface area (TPSA) is 213 Å². The smallest absolute Gasteiger partial charge is 0.338 e. The highest BCUT2D eigenvalue weighted by Crippen LogP contribution is 2.34. The van der Waals surface area contributed by atoms with E-state index < -0.39 is 90.9 Å². The average Bonchev–Trinajstić information content (AvgIpc) is 4.15. The molecule has 18 nitrogen and oxygen atoms in total. The third-order valence-corrected chi connectivity index (χ3v) is 11.7. The maximum absolute atomic E-state index is 13.1. The van der Waals surface area contributed by atoms with E-state index >= 15 is 0 Å². The van der Waals surface area contributed by atoms with Crippen LogP contribution in [0.4, 0.5) is 0 Å². The van der Waals surface area contributed by atoms with E-state index in [4.69, 9.17) is 56.8 Å². The van der Waals surface area contributed by atoms with Crippen LogP contribution in [0, 0.1) is 0 Å². The van der Waals surface area contributed by atoms with Crippen molar-refractivity contribution in [2.45, 2.75) is 80.2 Å². The molecular weight excluding hydrogens is 816 g/mol. The summed E-state index contributed by atoms with van der Waals surface area (Å²) in [5.41, 5.74) is 1.50. The second kappa shape index (κ2) is 17.6. The lowest BCUT2D eigenvalue weighted by molar-refractivity contribution is -0.0294. The first-order valence-electron chi connectivity index (χ1n) is 20.1. The van der Waals surface area contributed by atoms with Crippen LogP contribution in [-0.4, -0.2) is 156 Å². The molecule has 3 aromatic carbocycles. The predicted molar refractivity (Wildman–Crippen MR) is 205 cm³/mol. The lowest BCUT2D eigenvalue weighted by atomic mass is 10.1. The summed E-state index contributed by atoms with van der Waals surface area (Å²) in [7, 11) is 1.57. The Morgan fingerprint density at radius 1 is 0.355 bits per heavy atom. The van der Waals surface area contributed by atoms with Crippen LogP contribution in [0.2, 0.25) is 0 Å². The molecule has 6 heterocycles. The molecule has 9 rings (SSSR count). The van der Waals surface area contributed by atoms with Gasteiger partial charge in [-0.25, -0.2) is 24.0 Å². The van der Waals surface area contributed by atoms with Gasteiger partial charge in [0.1, 0.15) is 42.7 Å². The van der Waals surface area contributed by atoms with Crippen molar-refractivity contribution in [3.05, 3.63) is 106 Å². The SMILES string of the molecule is CO[C@H]1COC2C1OC[C@H]2OC(=O)c1ccc(C(=O)O[C@H]2COC3C2OC[C@H]3OC(=O)c2ccc(C(=O)O[C@H]3COC4C3OC[C@H]4OC(=O)c3ccc(C(C)=O)cc3)cc2)cc1. The van der Waals surface area contributed by atoms with E-state index in [9.17, 15) is 28.8 Å². The van der Waals surface area contributed by atoms with Gasteiger partial charge in [0, 0.05) is 12.7 Å².